The van der Waals surface area contributed by atoms with E-state index >= 15 is 0 Å². The third-order valence-electron chi connectivity index (χ3n) is 7.91. The number of amides is 1. The number of allylic oxidation sites excluding steroid dienone is 11. The molecule has 0 aliphatic rings. The second kappa shape index (κ2) is 33.2. The van der Waals surface area contributed by atoms with Gasteiger partial charge in [-0.25, -0.2) is 0 Å². The number of phosphoric acid groups is 1. The van der Waals surface area contributed by atoms with E-state index in [0.29, 0.717) is 23.9 Å². The summed E-state index contributed by atoms with van der Waals surface area (Å²) >= 11 is 0. The summed E-state index contributed by atoms with van der Waals surface area (Å²) in [4.78, 5) is 25.1. The molecule has 0 aromatic carbocycles. The van der Waals surface area contributed by atoms with E-state index in [1.54, 1.807) is 6.08 Å². The highest BCUT2D eigenvalue weighted by Gasteiger charge is 2.23. The number of aliphatic hydroxyl groups excluding tert-OH is 2. The van der Waals surface area contributed by atoms with E-state index in [4.69, 9.17) is 9.05 Å². The molecular formula is C42H73N2O7P. The van der Waals surface area contributed by atoms with Gasteiger partial charge in [-0.15, -0.1) is 0 Å². The molecule has 1 amide bonds. The van der Waals surface area contributed by atoms with Crippen molar-refractivity contribution in [3.63, 3.8) is 0 Å². The maximum atomic E-state index is 12.8. The molecular weight excluding hydrogens is 675 g/mol. The molecule has 3 N–H and O–H groups in total. The molecule has 2 unspecified atom stereocenters. The Hall–Kier alpha value is -2.36. The second-order valence-corrected chi connectivity index (χ2v) is 15.5. The summed E-state index contributed by atoms with van der Waals surface area (Å²) in [7, 11) is 1.16. The number of aliphatic hydroxyl groups is 2. The summed E-state index contributed by atoms with van der Waals surface area (Å²) in [6.45, 7) is 4.27. The highest BCUT2D eigenvalue weighted by molar-refractivity contribution is 7.45. The first-order chi connectivity index (χ1) is 24.9. The summed E-state index contributed by atoms with van der Waals surface area (Å²) < 4.78 is 23.0. The van der Waals surface area contributed by atoms with Crippen LogP contribution in [-0.2, 0) is 18.4 Å². The topological polar surface area (TPSA) is 128 Å². The molecule has 0 heterocycles. The van der Waals surface area contributed by atoms with E-state index in [-0.39, 0.29) is 18.9 Å². The minimum Gasteiger partial charge on any atom is -0.756 e. The van der Waals surface area contributed by atoms with Crippen LogP contribution in [0.4, 0.5) is 0 Å². The number of unbranched alkanes of at least 4 members (excludes halogenated alkanes) is 8. The van der Waals surface area contributed by atoms with Crippen molar-refractivity contribution in [3.8, 4) is 0 Å². The van der Waals surface area contributed by atoms with Gasteiger partial charge in [0.25, 0.3) is 7.82 Å². The number of rotatable bonds is 33. The molecule has 298 valence electrons. The highest BCUT2D eigenvalue weighted by Crippen LogP contribution is 2.38. The molecule has 0 radical (unpaired) electrons. The zero-order valence-electron chi connectivity index (χ0n) is 33.1. The average Bonchev–Trinajstić information content (AvgIpc) is 3.08. The van der Waals surface area contributed by atoms with Gasteiger partial charge >= 0.3 is 0 Å². The van der Waals surface area contributed by atoms with Crippen LogP contribution in [-0.4, -0.2) is 79.8 Å². The zero-order chi connectivity index (χ0) is 38.8. The van der Waals surface area contributed by atoms with Crippen molar-refractivity contribution in [1.82, 2.24) is 5.32 Å². The van der Waals surface area contributed by atoms with E-state index in [2.05, 4.69) is 48.7 Å². The Morgan fingerprint density at radius 1 is 0.750 bits per heavy atom. The number of nitrogens with one attached hydrogen (secondary N) is 1. The first-order valence-corrected chi connectivity index (χ1v) is 21.0. The first kappa shape index (κ1) is 49.6. The molecule has 4 atom stereocenters. The van der Waals surface area contributed by atoms with Crippen LogP contribution in [0.5, 0.6) is 0 Å². The minimum absolute atomic E-state index is 0.0296. The van der Waals surface area contributed by atoms with Crippen LogP contribution in [0, 0.1) is 0 Å². The first-order valence-electron chi connectivity index (χ1n) is 19.6. The third kappa shape index (κ3) is 34.7. The number of phosphoric ester groups is 1. The van der Waals surface area contributed by atoms with Gasteiger partial charge in [-0.3, -0.25) is 9.36 Å². The Morgan fingerprint density at radius 2 is 1.37 bits per heavy atom. The minimum atomic E-state index is -4.62. The summed E-state index contributed by atoms with van der Waals surface area (Å²) in [6.07, 6.45) is 41.2. The van der Waals surface area contributed by atoms with Gasteiger partial charge < -0.3 is 34.0 Å². The third-order valence-corrected chi connectivity index (χ3v) is 8.88. The number of quaternary nitrogens is 1. The average molecular weight is 749 g/mol. The fourth-order valence-electron chi connectivity index (χ4n) is 4.75. The molecule has 0 saturated carbocycles. The Kier molecular flexibility index (Phi) is 31.7. The number of hydrogen-bond donors (Lipinski definition) is 3. The molecule has 0 aliphatic heterocycles. The number of likely N-dealkylation sites (N-methyl/N-ethyl adjacent to an activating group) is 1. The normalized spacial score (nSPS) is 16.1. The van der Waals surface area contributed by atoms with Crippen molar-refractivity contribution in [1.29, 1.82) is 0 Å². The molecule has 52 heavy (non-hydrogen) atoms. The molecule has 0 aromatic rings. The number of carbonyl (C=O) groups is 1. The van der Waals surface area contributed by atoms with Gasteiger partial charge in [-0.2, -0.15) is 0 Å². The summed E-state index contributed by atoms with van der Waals surface area (Å²) in [5.74, 6) is -0.286. The van der Waals surface area contributed by atoms with Gasteiger partial charge in [-0.1, -0.05) is 131 Å². The maximum Gasteiger partial charge on any atom is 0.268 e. The van der Waals surface area contributed by atoms with Crippen molar-refractivity contribution in [2.45, 2.75) is 135 Å². The second-order valence-electron chi connectivity index (χ2n) is 14.1. The van der Waals surface area contributed by atoms with E-state index < -0.39 is 32.7 Å². The van der Waals surface area contributed by atoms with Gasteiger partial charge in [0, 0.05) is 6.42 Å². The zero-order valence-corrected chi connectivity index (χ0v) is 34.0. The summed E-state index contributed by atoms with van der Waals surface area (Å²) in [5.41, 5.74) is 0. The number of carbonyl (C=O) groups excluding carboxylic acids is 1. The lowest BCUT2D eigenvalue weighted by molar-refractivity contribution is -0.870. The fraction of sp³-hybridized carbons (Fsp3) is 0.643. The molecule has 0 saturated heterocycles. The van der Waals surface area contributed by atoms with E-state index in [9.17, 15) is 24.5 Å². The van der Waals surface area contributed by atoms with Gasteiger partial charge in [-0.05, 0) is 64.2 Å². The van der Waals surface area contributed by atoms with E-state index in [1.807, 2.05) is 70.6 Å². The van der Waals surface area contributed by atoms with Crippen molar-refractivity contribution < 1.29 is 38.0 Å². The standard InChI is InChI=1S/C42H73N2O7P/c1-6-8-10-11-12-13-14-18-21-24-27-30-34-41(46)40(38-51-52(48,49)50-37-36-44(3,4)5)43-42(47)35-31-28-25-22-19-16-15-17-20-23-26-29-33-39(45)32-9-7-2/h9,15-16,18,20-23,25-26,29-30,32,34,39-41,45-46H,6-8,10-14,17,19,24,27-28,31,33,35-38H2,1-5H3,(H-,43,47,48,49)/b16-15-,21-18-,23-20-,25-22-,29-26+,32-9-,34-30+/t39?,40-,41+/m0/s1. The molecule has 0 aliphatic carbocycles. The van der Waals surface area contributed by atoms with Crippen LogP contribution < -0.4 is 10.2 Å². The van der Waals surface area contributed by atoms with E-state index in [0.717, 1.165) is 44.9 Å². The monoisotopic (exact) mass is 749 g/mol. The maximum absolute atomic E-state index is 12.8. The largest absolute Gasteiger partial charge is 0.756 e. The lowest BCUT2D eigenvalue weighted by atomic mass is 10.1. The van der Waals surface area contributed by atoms with Gasteiger partial charge in [0.2, 0.25) is 5.91 Å². The fourth-order valence-corrected chi connectivity index (χ4v) is 5.47. The smallest absolute Gasteiger partial charge is 0.268 e. The van der Waals surface area contributed by atoms with Gasteiger partial charge in [0.15, 0.2) is 0 Å². The van der Waals surface area contributed by atoms with Crippen molar-refractivity contribution in [3.05, 3.63) is 85.1 Å². The van der Waals surface area contributed by atoms with Crippen LogP contribution in [0.15, 0.2) is 85.1 Å². The van der Waals surface area contributed by atoms with Gasteiger partial charge in [0.05, 0.1) is 46.0 Å². The summed E-state index contributed by atoms with van der Waals surface area (Å²) in [5, 5.41) is 23.4. The van der Waals surface area contributed by atoms with Crippen molar-refractivity contribution >= 4 is 13.7 Å². The Labute approximate surface area is 317 Å². The van der Waals surface area contributed by atoms with Crippen LogP contribution in [0.25, 0.3) is 0 Å². The van der Waals surface area contributed by atoms with Crippen molar-refractivity contribution in [2.24, 2.45) is 0 Å². The quantitative estimate of drug-likeness (QED) is 0.0202. The summed E-state index contributed by atoms with van der Waals surface area (Å²) in [6, 6.07) is -0.948. The molecule has 0 aromatic heterocycles. The highest BCUT2D eigenvalue weighted by atomic mass is 31.2. The van der Waals surface area contributed by atoms with Crippen LogP contribution in [0.1, 0.15) is 117 Å². The SMILES string of the molecule is CC/C=C\C(O)C/C=C/C=C\C/C=C\C/C=C\CCCC(=O)N[C@@H](COP(=O)([O-])OCC[N+](C)(C)C)[C@H](O)/C=C/CC/C=C\CCCCCCCC. The van der Waals surface area contributed by atoms with Crippen molar-refractivity contribution in [2.75, 3.05) is 40.9 Å². The van der Waals surface area contributed by atoms with E-state index in [1.165, 1.54) is 38.5 Å². The molecule has 0 fully saturated rings. The molecule has 0 spiro atoms. The lowest BCUT2D eigenvalue weighted by Crippen LogP contribution is -2.45. The Morgan fingerprint density at radius 3 is 2.10 bits per heavy atom. The number of nitrogens with zero attached hydrogens (tertiary/aromatic N) is 1. The van der Waals surface area contributed by atoms with Crippen LogP contribution in [0.3, 0.4) is 0 Å². The Balaban J connectivity index is 4.72. The molecule has 9 nitrogen and oxygen atoms in total. The van der Waals surface area contributed by atoms with Crippen LogP contribution in [0.2, 0.25) is 0 Å². The van der Waals surface area contributed by atoms with Crippen LogP contribution >= 0.6 is 7.82 Å². The molecule has 10 heteroatoms. The molecule has 0 rings (SSSR count). The predicted octanol–water partition coefficient (Wildman–Crippen LogP) is 8.58. The number of hydrogen-bond acceptors (Lipinski definition) is 7. The van der Waals surface area contributed by atoms with Gasteiger partial charge in [0.1, 0.15) is 13.2 Å². The Bertz CT molecular complexity index is 1140. The lowest BCUT2D eigenvalue weighted by Gasteiger charge is -2.29. The molecule has 0 bridgehead atoms. The predicted molar refractivity (Wildman–Crippen MR) is 216 cm³/mol.